The lowest BCUT2D eigenvalue weighted by atomic mass is 10.1. The number of carbonyl (C=O) groups is 1. The molecular weight excluding hydrogens is 323 g/mol. The first-order chi connectivity index (χ1) is 10.9. The highest BCUT2D eigenvalue weighted by atomic mass is 19.4. The van der Waals surface area contributed by atoms with E-state index in [0.717, 1.165) is 6.07 Å². The lowest BCUT2D eigenvalue weighted by molar-refractivity contribution is -0.141. The van der Waals surface area contributed by atoms with E-state index >= 15 is 0 Å². The van der Waals surface area contributed by atoms with Crippen LogP contribution in [0.15, 0.2) is 6.07 Å². The highest BCUT2D eigenvalue weighted by molar-refractivity contribution is 5.80. The molecule has 9 heteroatoms. The number of amides is 1. The number of nitrogens with one attached hydrogen (secondary N) is 1. The minimum Gasteiger partial charge on any atom is -0.363 e. The maximum Gasteiger partial charge on any atom is 0.433 e. The molecule has 1 unspecified atom stereocenters. The van der Waals surface area contributed by atoms with E-state index in [-0.39, 0.29) is 35.7 Å². The zero-order chi connectivity index (χ0) is 18.3. The summed E-state index contributed by atoms with van der Waals surface area (Å²) in [6, 6.07) is 0.571. The van der Waals surface area contributed by atoms with Crippen LogP contribution in [0.2, 0.25) is 0 Å². The number of halogens is 3. The summed E-state index contributed by atoms with van der Waals surface area (Å²) in [6.45, 7) is 6.15. The van der Waals surface area contributed by atoms with Crippen LogP contribution < -0.4 is 10.2 Å². The second kappa shape index (κ2) is 6.10. The Balaban J connectivity index is 2.24. The molecule has 0 spiro atoms. The zero-order valence-corrected chi connectivity index (χ0v) is 14.4. The molecule has 1 atom stereocenters. The van der Waals surface area contributed by atoms with Crippen LogP contribution >= 0.6 is 0 Å². The first kappa shape index (κ1) is 18.3. The van der Waals surface area contributed by atoms with Crippen LogP contribution in [0, 0.1) is 0 Å². The lowest BCUT2D eigenvalue weighted by Gasteiger charge is -2.32. The van der Waals surface area contributed by atoms with Crippen molar-refractivity contribution in [3.8, 4) is 0 Å². The van der Waals surface area contributed by atoms with Gasteiger partial charge in [-0.1, -0.05) is 0 Å². The van der Waals surface area contributed by atoms with Crippen molar-refractivity contribution in [2.45, 2.75) is 44.9 Å². The smallest absolute Gasteiger partial charge is 0.363 e. The van der Waals surface area contributed by atoms with Gasteiger partial charge in [0.2, 0.25) is 11.9 Å². The molecule has 2 heterocycles. The molecule has 1 amide bonds. The summed E-state index contributed by atoms with van der Waals surface area (Å²) in [4.78, 5) is 22.9. The Morgan fingerprint density at radius 1 is 1.25 bits per heavy atom. The van der Waals surface area contributed by atoms with Crippen molar-refractivity contribution in [2.75, 3.05) is 30.9 Å². The predicted octanol–water partition coefficient (Wildman–Crippen LogP) is 2.37. The van der Waals surface area contributed by atoms with Gasteiger partial charge in [0, 0.05) is 38.7 Å². The van der Waals surface area contributed by atoms with Crippen molar-refractivity contribution in [3.63, 3.8) is 0 Å². The van der Waals surface area contributed by atoms with Crippen LogP contribution in [-0.4, -0.2) is 53.0 Å². The lowest BCUT2D eigenvalue weighted by Crippen LogP contribution is -2.43. The van der Waals surface area contributed by atoms with E-state index in [1.807, 2.05) is 20.8 Å². The summed E-state index contributed by atoms with van der Waals surface area (Å²) in [6.07, 6.45) is -4.36. The van der Waals surface area contributed by atoms with Crippen LogP contribution in [0.4, 0.5) is 24.9 Å². The fraction of sp³-hybridized carbons (Fsp3) is 0.667. The summed E-state index contributed by atoms with van der Waals surface area (Å²) in [7, 11) is 3.21. The molecule has 1 aromatic rings. The third-order valence-corrected chi connectivity index (χ3v) is 3.73. The Morgan fingerprint density at radius 3 is 2.33 bits per heavy atom. The van der Waals surface area contributed by atoms with Crippen LogP contribution in [0.25, 0.3) is 0 Å². The maximum absolute atomic E-state index is 13.0. The molecule has 0 aromatic carbocycles. The van der Waals surface area contributed by atoms with Gasteiger partial charge >= 0.3 is 6.18 Å². The summed E-state index contributed by atoms with van der Waals surface area (Å²) >= 11 is 0. The molecule has 1 N–H and O–H groups in total. The molecular formula is C15H22F3N5O. The average Bonchev–Trinajstić information content (AvgIpc) is 2.78. The third kappa shape index (κ3) is 4.07. The second-order valence-electron chi connectivity index (χ2n) is 7.05. The Bertz CT molecular complexity index is 625. The molecule has 0 radical (unpaired) electrons. The molecule has 24 heavy (non-hydrogen) atoms. The summed E-state index contributed by atoms with van der Waals surface area (Å²) < 4.78 is 39.0. The van der Waals surface area contributed by atoms with Gasteiger partial charge in [-0.2, -0.15) is 18.2 Å². The summed E-state index contributed by atoms with van der Waals surface area (Å²) in [5, 5.41) is 2.87. The fourth-order valence-electron chi connectivity index (χ4n) is 2.51. The number of likely N-dealkylation sites (tertiary alicyclic amines) is 1. The van der Waals surface area contributed by atoms with Crippen LogP contribution in [0.5, 0.6) is 0 Å². The van der Waals surface area contributed by atoms with E-state index in [1.54, 1.807) is 19.0 Å². The highest BCUT2D eigenvalue weighted by Gasteiger charge is 2.37. The second-order valence-corrected chi connectivity index (χ2v) is 7.05. The molecule has 134 valence electrons. The SMILES string of the molecule is CN(C)c1cc(C(F)(F)F)nc(NC2CC(=O)N(C(C)(C)C)C2)n1. The molecule has 6 nitrogen and oxygen atoms in total. The van der Waals surface area contributed by atoms with Crippen molar-refractivity contribution in [3.05, 3.63) is 11.8 Å². The first-order valence-corrected chi connectivity index (χ1v) is 7.58. The van der Waals surface area contributed by atoms with Gasteiger partial charge in [0.25, 0.3) is 0 Å². The van der Waals surface area contributed by atoms with Gasteiger partial charge < -0.3 is 15.1 Å². The highest BCUT2D eigenvalue weighted by Crippen LogP contribution is 2.31. The monoisotopic (exact) mass is 345 g/mol. The van der Waals surface area contributed by atoms with Crippen molar-refractivity contribution in [2.24, 2.45) is 0 Å². The van der Waals surface area contributed by atoms with Gasteiger partial charge in [-0.3, -0.25) is 4.79 Å². The number of anilines is 2. The molecule has 0 saturated carbocycles. The zero-order valence-electron chi connectivity index (χ0n) is 14.4. The van der Waals surface area contributed by atoms with E-state index in [1.165, 1.54) is 4.90 Å². The van der Waals surface area contributed by atoms with Crippen LogP contribution in [0.1, 0.15) is 32.9 Å². The average molecular weight is 345 g/mol. The molecule has 0 bridgehead atoms. The molecule has 1 saturated heterocycles. The number of rotatable bonds is 3. The van der Waals surface area contributed by atoms with Gasteiger partial charge in [-0.15, -0.1) is 0 Å². The van der Waals surface area contributed by atoms with Crippen molar-refractivity contribution in [1.82, 2.24) is 14.9 Å². The molecule has 2 rings (SSSR count). The van der Waals surface area contributed by atoms with Crippen molar-refractivity contribution >= 4 is 17.7 Å². The quantitative estimate of drug-likeness (QED) is 0.911. The van der Waals surface area contributed by atoms with E-state index < -0.39 is 11.9 Å². The van der Waals surface area contributed by atoms with Gasteiger partial charge in [0.05, 0.1) is 6.04 Å². The Morgan fingerprint density at radius 2 is 1.88 bits per heavy atom. The standard InChI is InChI=1S/C15H22F3N5O/c1-14(2,3)23-8-9(6-12(23)24)19-13-20-10(15(16,17)18)7-11(21-13)22(4)5/h7,9H,6,8H2,1-5H3,(H,19,20,21). The van der Waals surface area contributed by atoms with E-state index in [2.05, 4.69) is 15.3 Å². The largest absolute Gasteiger partial charge is 0.433 e. The number of hydrogen-bond donors (Lipinski definition) is 1. The minimum atomic E-state index is -4.56. The van der Waals surface area contributed by atoms with Gasteiger partial charge in [0.15, 0.2) is 5.69 Å². The number of nitrogens with zero attached hydrogens (tertiary/aromatic N) is 4. The van der Waals surface area contributed by atoms with E-state index in [9.17, 15) is 18.0 Å². The number of alkyl halides is 3. The van der Waals surface area contributed by atoms with E-state index in [4.69, 9.17) is 0 Å². The first-order valence-electron chi connectivity index (χ1n) is 7.58. The fourth-order valence-corrected chi connectivity index (χ4v) is 2.51. The summed E-state index contributed by atoms with van der Waals surface area (Å²) in [5.74, 6) is -0.0151. The maximum atomic E-state index is 13.0. The Labute approximate surface area is 139 Å². The molecule has 1 aromatic heterocycles. The minimum absolute atomic E-state index is 0.0418. The number of aromatic nitrogens is 2. The number of carbonyl (C=O) groups excluding carboxylic acids is 1. The molecule has 1 aliphatic heterocycles. The topological polar surface area (TPSA) is 61.4 Å². The van der Waals surface area contributed by atoms with Gasteiger partial charge in [-0.25, -0.2) is 4.98 Å². The van der Waals surface area contributed by atoms with Crippen LogP contribution in [-0.2, 0) is 11.0 Å². The molecule has 0 aliphatic carbocycles. The molecule has 1 fully saturated rings. The Kier molecular flexibility index (Phi) is 4.65. The van der Waals surface area contributed by atoms with Gasteiger partial charge in [-0.05, 0) is 20.8 Å². The normalized spacial score (nSPS) is 18.9. The Hall–Kier alpha value is -2.06. The summed E-state index contributed by atoms with van der Waals surface area (Å²) in [5.41, 5.74) is -1.35. The van der Waals surface area contributed by atoms with Crippen molar-refractivity contribution < 1.29 is 18.0 Å². The third-order valence-electron chi connectivity index (χ3n) is 3.73. The predicted molar refractivity (Wildman–Crippen MR) is 84.9 cm³/mol. The van der Waals surface area contributed by atoms with Crippen LogP contribution in [0.3, 0.4) is 0 Å². The number of hydrogen-bond acceptors (Lipinski definition) is 5. The van der Waals surface area contributed by atoms with Gasteiger partial charge in [0.1, 0.15) is 5.82 Å². The van der Waals surface area contributed by atoms with Crippen molar-refractivity contribution in [1.29, 1.82) is 0 Å². The molecule has 1 aliphatic rings. The van der Waals surface area contributed by atoms with E-state index in [0.29, 0.717) is 6.54 Å².